The van der Waals surface area contributed by atoms with Crippen LogP contribution in [0, 0.1) is 0 Å². The summed E-state index contributed by atoms with van der Waals surface area (Å²) in [5.74, 6) is 3.57. The van der Waals surface area contributed by atoms with Crippen LogP contribution in [-0.2, 0) is 0 Å². The Labute approximate surface area is 191 Å². The molecule has 0 saturated carbocycles. The molecule has 0 atom stereocenters. The van der Waals surface area contributed by atoms with Gasteiger partial charge in [-0.1, -0.05) is 6.07 Å². The summed E-state index contributed by atoms with van der Waals surface area (Å²) in [6, 6.07) is 13.1. The molecule has 0 aliphatic carbocycles. The smallest absolute Gasteiger partial charge is 0.231 e. The molecule has 0 N–H and O–H groups in total. The first-order chi connectivity index (χ1) is 16.1. The summed E-state index contributed by atoms with van der Waals surface area (Å²) >= 11 is 0. The van der Waals surface area contributed by atoms with Gasteiger partial charge in [0, 0.05) is 5.56 Å². The number of benzene rings is 3. The van der Waals surface area contributed by atoms with Gasteiger partial charge < -0.3 is 32.8 Å². The summed E-state index contributed by atoms with van der Waals surface area (Å²) in [4.78, 5) is 4.64. The predicted octanol–water partition coefficient (Wildman–Crippen LogP) is 5.21. The van der Waals surface area contributed by atoms with Gasteiger partial charge in [-0.2, -0.15) is 0 Å². The van der Waals surface area contributed by atoms with Crippen LogP contribution in [0.1, 0.15) is 0 Å². The van der Waals surface area contributed by atoms with E-state index in [1.54, 1.807) is 48.7 Å². The lowest BCUT2D eigenvalue weighted by atomic mass is 10.0. The summed E-state index contributed by atoms with van der Waals surface area (Å²) in [5.41, 5.74) is 3.67. The molecule has 0 saturated heterocycles. The highest BCUT2D eigenvalue weighted by atomic mass is 16.5. The van der Waals surface area contributed by atoms with E-state index in [0.29, 0.717) is 57.1 Å². The highest BCUT2D eigenvalue weighted by Crippen LogP contribution is 2.46. The molecule has 8 heteroatoms. The maximum Gasteiger partial charge on any atom is 0.231 e. The van der Waals surface area contributed by atoms with Gasteiger partial charge in [0.2, 0.25) is 17.4 Å². The number of hydrogen-bond donors (Lipinski definition) is 0. The SMILES string of the molecule is COc1ccc(-c2ccc3nc(-c4ccc(OC)c(OC)c4OC)oc3c2)c(OC)c1OC. The van der Waals surface area contributed by atoms with Crippen LogP contribution in [0.25, 0.3) is 33.7 Å². The monoisotopic (exact) mass is 451 g/mol. The van der Waals surface area contributed by atoms with E-state index in [4.69, 9.17) is 32.8 Å². The van der Waals surface area contributed by atoms with Crippen molar-refractivity contribution in [3.63, 3.8) is 0 Å². The van der Waals surface area contributed by atoms with Gasteiger partial charge in [-0.3, -0.25) is 0 Å². The summed E-state index contributed by atoms with van der Waals surface area (Å²) in [6.07, 6.45) is 0. The van der Waals surface area contributed by atoms with E-state index < -0.39 is 0 Å². The number of nitrogens with zero attached hydrogens (tertiary/aromatic N) is 1. The van der Waals surface area contributed by atoms with E-state index >= 15 is 0 Å². The van der Waals surface area contributed by atoms with Gasteiger partial charge in [0.1, 0.15) is 5.52 Å². The highest BCUT2D eigenvalue weighted by Gasteiger charge is 2.22. The fraction of sp³-hybridized carbons (Fsp3) is 0.240. The molecule has 0 aliphatic heterocycles. The third kappa shape index (κ3) is 3.73. The molecule has 4 rings (SSSR count). The van der Waals surface area contributed by atoms with Crippen molar-refractivity contribution in [2.45, 2.75) is 0 Å². The molecular formula is C25H25NO7. The van der Waals surface area contributed by atoms with E-state index in [0.717, 1.165) is 11.1 Å². The van der Waals surface area contributed by atoms with Gasteiger partial charge in [0.05, 0.1) is 48.2 Å². The number of aromatic nitrogens is 1. The van der Waals surface area contributed by atoms with Gasteiger partial charge >= 0.3 is 0 Å². The fourth-order valence-electron chi connectivity index (χ4n) is 3.81. The zero-order valence-electron chi connectivity index (χ0n) is 19.3. The maximum absolute atomic E-state index is 6.12. The molecule has 4 aromatic rings. The second-order valence-electron chi connectivity index (χ2n) is 6.97. The number of hydrogen-bond acceptors (Lipinski definition) is 8. The average molecular weight is 451 g/mol. The van der Waals surface area contributed by atoms with Crippen LogP contribution < -0.4 is 28.4 Å². The van der Waals surface area contributed by atoms with Crippen LogP contribution in [0.4, 0.5) is 0 Å². The third-order valence-electron chi connectivity index (χ3n) is 5.34. The number of oxazole rings is 1. The lowest BCUT2D eigenvalue weighted by molar-refractivity contribution is 0.324. The zero-order valence-corrected chi connectivity index (χ0v) is 19.3. The normalized spacial score (nSPS) is 10.7. The van der Waals surface area contributed by atoms with Crippen LogP contribution >= 0.6 is 0 Å². The van der Waals surface area contributed by atoms with E-state index in [1.165, 1.54) is 0 Å². The van der Waals surface area contributed by atoms with E-state index in [2.05, 4.69) is 4.98 Å². The highest BCUT2D eigenvalue weighted by molar-refractivity contribution is 5.86. The molecule has 0 spiro atoms. The molecule has 0 amide bonds. The van der Waals surface area contributed by atoms with Gasteiger partial charge in [0.15, 0.2) is 28.6 Å². The topological polar surface area (TPSA) is 81.4 Å². The number of fused-ring (bicyclic) bond motifs is 1. The summed E-state index contributed by atoms with van der Waals surface area (Å²) in [5, 5.41) is 0. The molecule has 172 valence electrons. The first-order valence-electron chi connectivity index (χ1n) is 10.1. The van der Waals surface area contributed by atoms with E-state index in [1.807, 2.05) is 36.4 Å². The molecule has 1 aromatic heterocycles. The van der Waals surface area contributed by atoms with E-state index in [9.17, 15) is 0 Å². The van der Waals surface area contributed by atoms with E-state index in [-0.39, 0.29) is 0 Å². The largest absolute Gasteiger partial charge is 0.493 e. The summed E-state index contributed by atoms with van der Waals surface area (Å²) in [6.45, 7) is 0. The minimum absolute atomic E-state index is 0.402. The molecule has 3 aromatic carbocycles. The lowest BCUT2D eigenvalue weighted by Crippen LogP contribution is -1.96. The molecule has 33 heavy (non-hydrogen) atoms. The molecule has 0 aliphatic rings. The second kappa shape index (κ2) is 9.20. The molecule has 8 nitrogen and oxygen atoms in total. The lowest BCUT2D eigenvalue weighted by Gasteiger charge is -2.15. The van der Waals surface area contributed by atoms with Crippen molar-refractivity contribution in [1.82, 2.24) is 4.98 Å². The predicted molar refractivity (Wildman–Crippen MR) is 124 cm³/mol. The Morgan fingerprint density at radius 2 is 1.12 bits per heavy atom. The number of methoxy groups -OCH3 is 6. The molecule has 0 unspecified atom stereocenters. The standard InChI is InChI=1S/C25H25NO7/c1-27-18-11-8-15(21(29-3)23(18)31-5)14-7-10-17-20(13-14)33-25(26-17)16-9-12-19(28-2)24(32-6)22(16)30-4/h7-13H,1-6H3. The Hall–Kier alpha value is -4.07. The van der Waals surface area contributed by atoms with Crippen LogP contribution in [0.3, 0.4) is 0 Å². The van der Waals surface area contributed by atoms with Crippen molar-refractivity contribution >= 4 is 11.1 Å². The number of rotatable bonds is 8. The van der Waals surface area contributed by atoms with Crippen LogP contribution in [-0.4, -0.2) is 47.6 Å². The van der Waals surface area contributed by atoms with Crippen molar-refractivity contribution in [3.8, 4) is 57.1 Å². The Morgan fingerprint density at radius 1 is 0.576 bits per heavy atom. The summed E-state index contributed by atoms with van der Waals surface area (Å²) < 4.78 is 39.1. The maximum atomic E-state index is 6.12. The first-order valence-corrected chi connectivity index (χ1v) is 10.1. The van der Waals surface area contributed by atoms with Crippen molar-refractivity contribution in [2.24, 2.45) is 0 Å². The molecule has 0 fully saturated rings. The Balaban J connectivity index is 1.84. The van der Waals surface area contributed by atoms with Gasteiger partial charge in [-0.15, -0.1) is 0 Å². The minimum atomic E-state index is 0.402. The van der Waals surface area contributed by atoms with Crippen molar-refractivity contribution < 1.29 is 32.8 Å². The average Bonchev–Trinajstić information content (AvgIpc) is 3.29. The second-order valence-corrected chi connectivity index (χ2v) is 6.97. The quantitative estimate of drug-likeness (QED) is 0.361. The Kier molecular flexibility index (Phi) is 6.17. The van der Waals surface area contributed by atoms with Crippen molar-refractivity contribution in [1.29, 1.82) is 0 Å². The van der Waals surface area contributed by atoms with Crippen LogP contribution in [0.5, 0.6) is 34.5 Å². The molecular weight excluding hydrogens is 426 g/mol. The number of ether oxygens (including phenoxy) is 6. The van der Waals surface area contributed by atoms with Crippen molar-refractivity contribution in [2.75, 3.05) is 42.7 Å². The summed E-state index contributed by atoms with van der Waals surface area (Å²) in [7, 11) is 9.44. The van der Waals surface area contributed by atoms with Crippen LogP contribution in [0.15, 0.2) is 46.9 Å². The molecule has 1 heterocycles. The van der Waals surface area contributed by atoms with Gasteiger partial charge in [0.25, 0.3) is 0 Å². The fourth-order valence-corrected chi connectivity index (χ4v) is 3.81. The third-order valence-corrected chi connectivity index (χ3v) is 5.34. The zero-order chi connectivity index (χ0) is 23.5. The van der Waals surface area contributed by atoms with Gasteiger partial charge in [-0.05, 0) is 42.0 Å². The molecule has 0 radical (unpaired) electrons. The first kappa shape index (κ1) is 22.1. The Morgan fingerprint density at radius 3 is 1.67 bits per heavy atom. The van der Waals surface area contributed by atoms with Crippen LogP contribution in [0.2, 0.25) is 0 Å². The molecule has 0 bridgehead atoms. The van der Waals surface area contributed by atoms with Gasteiger partial charge in [-0.25, -0.2) is 4.98 Å². The Bertz CT molecular complexity index is 1230. The minimum Gasteiger partial charge on any atom is -0.493 e. The van der Waals surface area contributed by atoms with Crippen molar-refractivity contribution in [3.05, 3.63) is 42.5 Å².